The Labute approximate surface area is 132 Å². The van der Waals surface area contributed by atoms with Crippen LogP contribution in [0.3, 0.4) is 0 Å². The van der Waals surface area contributed by atoms with E-state index in [9.17, 15) is 13.2 Å². The van der Waals surface area contributed by atoms with Crippen LogP contribution in [0.5, 0.6) is 0 Å². The van der Waals surface area contributed by atoms with Crippen molar-refractivity contribution in [3.63, 3.8) is 0 Å². The van der Waals surface area contributed by atoms with Crippen LogP contribution < -0.4 is 0 Å². The number of hydrogen-bond acceptors (Lipinski definition) is 4. The highest BCUT2D eigenvalue weighted by Gasteiger charge is 2.62. The minimum absolute atomic E-state index is 0.0710. The molecule has 4 rings (SSSR count). The van der Waals surface area contributed by atoms with Crippen molar-refractivity contribution in [3.8, 4) is 0 Å². The zero-order valence-electron chi connectivity index (χ0n) is 13.0. The van der Waals surface area contributed by atoms with Crippen LogP contribution in [0.4, 0.5) is 0 Å². The van der Waals surface area contributed by atoms with Gasteiger partial charge < -0.3 is 9.64 Å². The molecule has 2 saturated carbocycles. The molecule has 0 aromatic rings. The van der Waals surface area contributed by atoms with E-state index >= 15 is 0 Å². The SMILES string of the molecule is O=C(C1CCC1)N1CC2(C1)[C@@H](COCC1CC1)CCS2(=O)=O. The highest BCUT2D eigenvalue weighted by molar-refractivity contribution is 7.93. The lowest BCUT2D eigenvalue weighted by molar-refractivity contribution is -0.145. The fourth-order valence-electron chi connectivity index (χ4n) is 4.04. The molecule has 0 bridgehead atoms. The summed E-state index contributed by atoms with van der Waals surface area (Å²) in [5, 5.41) is 0. The Kier molecular flexibility index (Phi) is 3.53. The third-order valence-electron chi connectivity index (χ3n) is 6.15. The minimum atomic E-state index is -3.09. The maximum atomic E-state index is 12.5. The first-order valence-electron chi connectivity index (χ1n) is 8.61. The van der Waals surface area contributed by atoms with Crippen LogP contribution in [-0.2, 0) is 19.4 Å². The Morgan fingerprint density at radius 1 is 1.09 bits per heavy atom. The van der Waals surface area contributed by atoms with Gasteiger partial charge in [-0.1, -0.05) is 6.42 Å². The molecule has 0 aromatic carbocycles. The molecule has 5 nitrogen and oxygen atoms in total. The van der Waals surface area contributed by atoms with Crippen molar-refractivity contribution >= 4 is 15.7 Å². The number of nitrogens with zero attached hydrogens (tertiary/aromatic N) is 1. The predicted octanol–water partition coefficient (Wildman–Crippen LogP) is 1.23. The van der Waals surface area contributed by atoms with Crippen molar-refractivity contribution in [1.29, 1.82) is 0 Å². The molecular formula is C16H25NO4S. The van der Waals surface area contributed by atoms with Gasteiger partial charge in [0.05, 0.1) is 12.4 Å². The van der Waals surface area contributed by atoms with Gasteiger partial charge in [0.25, 0.3) is 0 Å². The quantitative estimate of drug-likeness (QED) is 0.762. The second kappa shape index (κ2) is 5.20. The molecular weight excluding hydrogens is 302 g/mol. The van der Waals surface area contributed by atoms with Gasteiger partial charge in [-0.15, -0.1) is 0 Å². The van der Waals surface area contributed by atoms with Crippen LogP contribution >= 0.6 is 0 Å². The monoisotopic (exact) mass is 327 g/mol. The number of carbonyl (C=O) groups excluding carboxylic acids is 1. The lowest BCUT2D eigenvalue weighted by Gasteiger charge is -2.51. The molecule has 0 unspecified atom stereocenters. The van der Waals surface area contributed by atoms with Crippen LogP contribution in [0.1, 0.15) is 38.5 Å². The van der Waals surface area contributed by atoms with Gasteiger partial charge in [-0.2, -0.15) is 0 Å². The molecule has 0 aromatic heterocycles. The molecule has 4 aliphatic rings. The first-order valence-corrected chi connectivity index (χ1v) is 10.3. The number of sulfone groups is 1. The van der Waals surface area contributed by atoms with Crippen molar-refractivity contribution in [2.45, 2.75) is 43.3 Å². The van der Waals surface area contributed by atoms with Crippen LogP contribution in [0.2, 0.25) is 0 Å². The van der Waals surface area contributed by atoms with Crippen molar-refractivity contribution in [3.05, 3.63) is 0 Å². The second-order valence-electron chi connectivity index (χ2n) is 7.67. The number of likely N-dealkylation sites (tertiary alicyclic amines) is 1. The second-order valence-corrected chi connectivity index (χ2v) is 10.1. The molecule has 2 aliphatic heterocycles. The van der Waals surface area contributed by atoms with Crippen LogP contribution in [-0.4, -0.2) is 56.0 Å². The standard InChI is InChI=1S/C16H25NO4S/c18-15(13-2-1-3-13)17-10-16(11-17)14(6-7-22(16,19)20)9-21-8-12-4-5-12/h12-14H,1-11H2/t14-/m1/s1. The van der Waals surface area contributed by atoms with Crippen molar-refractivity contribution in [1.82, 2.24) is 4.90 Å². The van der Waals surface area contributed by atoms with E-state index in [0.29, 0.717) is 32.0 Å². The zero-order valence-corrected chi connectivity index (χ0v) is 13.8. The molecule has 0 radical (unpaired) electrons. The number of amides is 1. The largest absolute Gasteiger partial charge is 0.381 e. The van der Waals surface area contributed by atoms with Gasteiger partial charge in [0.2, 0.25) is 5.91 Å². The fraction of sp³-hybridized carbons (Fsp3) is 0.938. The van der Waals surface area contributed by atoms with E-state index < -0.39 is 14.6 Å². The summed E-state index contributed by atoms with van der Waals surface area (Å²) in [4.78, 5) is 14.1. The summed E-state index contributed by atoms with van der Waals surface area (Å²) >= 11 is 0. The van der Waals surface area contributed by atoms with Gasteiger partial charge in [0.1, 0.15) is 4.75 Å². The average Bonchev–Trinajstić information content (AvgIpc) is 3.10. The highest BCUT2D eigenvalue weighted by atomic mass is 32.2. The molecule has 2 aliphatic carbocycles. The normalized spacial score (nSPS) is 32.7. The maximum absolute atomic E-state index is 12.5. The summed E-state index contributed by atoms with van der Waals surface area (Å²) in [5.74, 6) is 1.37. The van der Waals surface area contributed by atoms with Crippen LogP contribution in [0.25, 0.3) is 0 Å². The summed E-state index contributed by atoms with van der Waals surface area (Å²) in [6.07, 6.45) is 6.27. The zero-order chi connectivity index (χ0) is 15.4. The van der Waals surface area contributed by atoms with E-state index in [1.54, 1.807) is 4.90 Å². The number of ether oxygens (including phenoxy) is 1. The lowest BCUT2D eigenvalue weighted by Crippen LogP contribution is -2.69. The van der Waals surface area contributed by atoms with E-state index in [0.717, 1.165) is 25.9 Å². The summed E-state index contributed by atoms with van der Waals surface area (Å²) < 4.78 is 30.1. The number of carbonyl (C=O) groups is 1. The molecule has 2 saturated heterocycles. The first-order chi connectivity index (χ1) is 10.5. The van der Waals surface area contributed by atoms with Gasteiger partial charge in [-0.3, -0.25) is 4.79 Å². The Morgan fingerprint density at radius 2 is 1.82 bits per heavy atom. The lowest BCUT2D eigenvalue weighted by atomic mass is 9.79. The van der Waals surface area contributed by atoms with E-state index in [1.165, 1.54) is 12.8 Å². The molecule has 0 N–H and O–H groups in total. The Morgan fingerprint density at radius 3 is 2.41 bits per heavy atom. The van der Waals surface area contributed by atoms with Gasteiger partial charge in [0, 0.05) is 31.5 Å². The minimum Gasteiger partial charge on any atom is -0.381 e. The molecule has 1 spiro atoms. The van der Waals surface area contributed by atoms with Crippen molar-refractivity contribution < 1.29 is 17.9 Å². The molecule has 1 amide bonds. The first kappa shape index (κ1) is 14.9. The van der Waals surface area contributed by atoms with E-state index in [4.69, 9.17) is 4.74 Å². The van der Waals surface area contributed by atoms with Gasteiger partial charge >= 0.3 is 0 Å². The Balaban J connectivity index is 1.39. The van der Waals surface area contributed by atoms with Gasteiger partial charge in [-0.05, 0) is 38.0 Å². The summed E-state index contributed by atoms with van der Waals surface area (Å²) in [7, 11) is -3.09. The molecule has 6 heteroatoms. The fourth-order valence-corrected chi connectivity index (χ4v) is 6.44. The van der Waals surface area contributed by atoms with Crippen LogP contribution in [0, 0.1) is 17.8 Å². The van der Waals surface area contributed by atoms with Gasteiger partial charge in [-0.25, -0.2) is 8.42 Å². The Hall–Kier alpha value is -0.620. The van der Waals surface area contributed by atoms with E-state index in [1.807, 2.05) is 0 Å². The van der Waals surface area contributed by atoms with E-state index in [-0.39, 0.29) is 23.5 Å². The average molecular weight is 327 g/mol. The topological polar surface area (TPSA) is 63.7 Å². The summed E-state index contributed by atoms with van der Waals surface area (Å²) in [6, 6.07) is 0. The molecule has 22 heavy (non-hydrogen) atoms. The molecule has 124 valence electrons. The van der Waals surface area contributed by atoms with Crippen molar-refractivity contribution in [2.75, 3.05) is 32.1 Å². The molecule has 1 atom stereocenters. The third-order valence-corrected chi connectivity index (χ3v) is 8.75. The Bertz CT molecular complexity index is 559. The van der Waals surface area contributed by atoms with Gasteiger partial charge in [0.15, 0.2) is 9.84 Å². The van der Waals surface area contributed by atoms with E-state index in [2.05, 4.69) is 0 Å². The third kappa shape index (κ3) is 2.30. The number of rotatable bonds is 5. The summed E-state index contributed by atoms with van der Waals surface area (Å²) in [6.45, 7) is 2.13. The van der Waals surface area contributed by atoms with Crippen molar-refractivity contribution in [2.24, 2.45) is 17.8 Å². The maximum Gasteiger partial charge on any atom is 0.225 e. The smallest absolute Gasteiger partial charge is 0.225 e. The molecule has 4 fully saturated rings. The highest BCUT2D eigenvalue weighted by Crippen LogP contribution is 2.46. The van der Waals surface area contributed by atoms with Crippen LogP contribution in [0.15, 0.2) is 0 Å². The predicted molar refractivity (Wildman–Crippen MR) is 82.1 cm³/mol. The summed E-state index contributed by atoms with van der Waals surface area (Å²) in [5.41, 5.74) is 0. The number of hydrogen-bond donors (Lipinski definition) is 0. The molecule has 2 heterocycles.